The monoisotopic (exact) mass is 303 g/mol. The van der Waals surface area contributed by atoms with Crippen LogP contribution in [0.15, 0.2) is 23.1 Å². The number of thioether (sulfide) groups is 1. The van der Waals surface area contributed by atoms with Crippen molar-refractivity contribution in [1.29, 1.82) is 0 Å². The highest BCUT2D eigenvalue weighted by Gasteiger charge is 2.11. The number of halogens is 1. The molecule has 0 unspecified atom stereocenters. The van der Waals surface area contributed by atoms with Gasteiger partial charge in [-0.15, -0.1) is 11.8 Å². The molecule has 0 aliphatic rings. The molecule has 0 heterocycles. The summed E-state index contributed by atoms with van der Waals surface area (Å²) < 4.78 is 4.26. The van der Waals surface area contributed by atoms with Crippen LogP contribution in [0.1, 0.15) is 10.4 Å². The third-order valence-electron chi connectivity index (χ3n) is 1.97. The van der Waals surface area contributed by atoms with Crippen LogP contribution in [0.5, 0.6) is 0 Å². The number of rotatable bonds is 4. The smallest absolute Gasteiger partial charge is 0.413 e. The number of aromatic carboxylic acids is 1. The lowest BCUT2D eigenvalue weighted by atomic mass is 10.2. The Kier molecular flexibility index (Phi) is 5.65. The van der Waals surface area contributed by atoms with Crippen LogP contribution < -0.4 is 5.32 Å². The Morgan fingerprint density at radius 1 is 1.42 bits per heavy atom. The predicted molar refractivity (Wildman–Crippen MR) is 69.7 cm³/mol. The zero-order valence-corrected chi connectivity index (χ0v) is 11.4. The molecule has 0 bridgehead atoms. The quantitative estimate of drug-likeness (QED) is 0.827. The van der Waals surface area contributed by atoms with E-state index in [4.69, 9.17) is 16.7 Å². The van der Waals surface area contributed by atoms with E-state index in [1.807, 2.05) is 5.32 Å². The number of carboxylic acids is 1. The molecule has 0 aliphatic carbocycles. The van der Waals surface area contributed by atoms with E-state index in [1.54, 1.807) is 6.07 Å². The molecule has 0 atom stereocenters. The lowest BCUT2D eigenvalue weighted by Gasteiger charge is -2.05. The first-order chi connectivity index (χ1) is 8.93. The van der Waals surface area contributed by atoms with Crippen LogP contribution in [0.4, 0.5) is 4.79 Å². The summed E-state index contributed by atoms with van der Waals surface area (Å²) in [6.45, 7) is 0. The van der Waals surface area contributed by atoms with Crippen LogP contribution in [0.2, 0.25) is 5.02 Å². The molecule has 0 spiro atoms. The number of carboxylic acid groups (broad SMARTS) is 1. The summed E-state index contributed by atoms with van der Waals surface area (Å²) in [4.78, 5) is 33.5. The van der Waals surface area contributed by atoms with Crippen LogP contribution in [-0.4, -0.2) is 35.9 Å². The van der Waals surface area contributed by atoms with Gasteiger partial charge in [-0.3, -0.25) is 10.1 Å². The van der Waals surface area contributed by atoms with E-state index in [9.17, 15) is 14.4 Å². The zero-order chi connectivity index (χ0) is 14.4. The van der Waals surface area contributed by atoms with Crippen molar-refractivity contribution in [2.75, 3.05) is 12.9 Å². The number of amides is 2. The minimum absolute atomic E-state index is 0.0416. The van der Waals surface area contributed by atoms with Gasteiger partial charge in [0.1, 0.15) is 0 Å². The van der Waals surface area contributed by atoms with Gasteiger partial charge in [-0.05, 0) is 18.2 Å². The lowest BCUT2D eigenvalue weighted by Crippen LogP contribution is -2.31. The van der Waals surface area contributed by atoms with E-state index in [2.05, 4.69) is 4.74 Å². The van der Waals surface area contributed by atoms with Crippen LogP contribution in [0, 0.1) is 0 Å². The number of ether oxygens (including phenoxy) is 1. The van der Waals surface area contributed by atoms with Crippen molar-refractivity contribution in [3.8, 4) is 0 Å². The van der Waals surface area contributed by atoms with Gasteiger partial charge in [-0.1, -0.05) is 11.6 Å². The third kappa shape index (κ3) is 4.80. The normalized spacial score (nSPS) is 9.79. The molecule has 0 fully saturated rings. The van der Waals surface area contributed by atoms with E-state index in [0.29, 0.717) is 4.90 Å². The molecule has 1 rings (SSSR count). The summed E-state index contributed by atoms with van der Waals surface area (Å²) in [6, 6.07) is 4.39. The molecule has 102 valence electrons. The molecule has 2 amide bonds. The fourth-order valence-corrected chi connectivity index (χ4v) is 2.04. The molecular formula is C11H10ClNO5S. The Morgan fingerprint density at radius 2 is 2.11 bits per heavy atom. The molecule has 19 heavy (non-hydrogen) atoms. The van der Waals surface area contributed by atoms with E-state index in [-0.39, 0.29) is 16.3 Å². The lowest BCUT2D eigenvalue weighted by molar-refractivity contribution is -0.117. The van der Waals surface area contributed by atoms with Gasteiger partial charge < -0.3 is 9.84 Å². The van der Waals surface area contributed by atoms with Crippen molar-refractivity contribution in [1.82, 2.24) is 5.32 Å². The van der Waals surface area contributed by atoms with Crippen molar-refractivity contribution in [3.63, 3.8) is 0 Å². The second-order valence-electron chi connectivity index (χ2n) is 3.28. The molecule has 0 aliphatic heterocycles. The Balaban J connectivity index is 2.63. The first-order valence-electron chi connectivity index (χ1n) is 4.97. The molecule has 0 saturated heterocycles. The maximum atomic E-state index is 11.3. The molecule has 1 aromatic rings. The topological polar surface area (TPSA) is 92.7 Å². The van der Waals surface area contributed by atoms with Gasteiger partial charge in [0.25, 0.3) is 0 Å². The molecule has 1 aromatic carbocycles. The molecule has 0 radical (unpaired) electrons. The van der Waals surface area contributed by atoms with Gasteiger partial charge in [0.2, 0.25) is 5.91 Å². The minimum atomic E-state index is -1.15. The number of alkyl carbamates (subject to hydrolysis) is 1. The summed E-state index contributed by atoms with van der Waals surface area (Å²) in [7, 11) is 1.15. The van der Waals surface area contributed by atoms with Crippen LogP contribution in [-0.2, 0) is 9.53 Å². The van der Waals surface area contributed by atoms with Crippen LogP contribution >= 0.6 is 23.4 Å². The van der Waals surface area contributed by atoms with Gasteiger partial charge in [-0.2, -0.15) is 0 Å². The number of nitrogens with one attached hydrogen (secondary N) is 1. The third-order valence-corrected chi connectivity index (χ3v) is 3.29. The predicted octanol–water partition coefficient (Wildman–Crippen LogP) is 2.01. The van der Waals surface area contributed by atoms with E-state index in [1.165, 1.54) is 12.1 Å². The van der Waals surface area contributed by atoms with Gasteiger partial charge in [0.15, 0.2) is 0 Å². The number of carbonyl (C=O) groups excluding carboxylic acids is 2. The molecule has 8 heteroatoms. The molecular weight excluding hydrogens is 294 g/mol. The highest BCUT2D eigenvalue weighted by Crippen LogP contribution is 2.24. The summed E-state index contributed by atoms with van der Waals surface area (Å²) in [5.41, 5.74) is -0.0416. The molecule has 2 N–H and O–H groups in total. The number of hydrogen-bond acceptors (Lipinski definition) is 5. The van der Waals surface area contributed by atoms with Gasteiger partial charge in [-0.25, -0.2) is 9.59 Å². The number of imide groups is 1. The molecule has 6 nitrogen and oxygen atoms in total. The Morgan fingerprint density at radius 3 is 2.68 bits per heavy atom. The largest absolute Gasteiger partial charge is 0.478 e. The highest BCUT2D eigenvalue weighted by atomic mass is 35.5. The summed E-state index contributed by atoms with van der Waals surface area (Å²) in [5.74, 6) is -1.73. The Bertz CT molecular complexity index is 520. The highest BCUT2D eigenvalue weighted by molar-refractivity contribution is 8.00. The number of hydrogen-bond donors (Lipinski definition) is 2. The van der Waals surface area contributed by atoms with E-state index >= 15 is 0 Å². The van der Waals surface area contributed by atoms with E-state index in [0.717, 1.165) is 18.9 Å². The molecule has 0 saturated carbocycles. The zero-order valence-electron chi connectivity index (χ0n) is 9.81. The second-order valence-corrected chi connectivity index (χ2v) is 4.73. The van der Waals surface area contributed by atoms with Gasteiger partial charge >= 0.3 is 12.1 Å². The fourth-order valence-electron chi connectivity index (χ4n) is 1.11. The standard InChI is InChI=1S/C11H10ClNO5S/c1-18-11(17)13-9(14)5-19-6-2-3-8(12)7(4-6)10(15)16/h2-4H,5H2,1H3,(H,15,16)(H,13,14,17). The Labute approximate surface area is 118 Å². The van der Waals surface area contributed by atoms with Crippen molar-refractivity contribution < 1.29 is 24.2 Å². The van der Waals surface area contributed by atoms with Crippen molar-refractivity contribution in [3.05, 3.63) is 28.8 Å². The van der Waals surface area contributed by atoms with Crippen molar-refractivity contribution >= 4 is 41.3 Å². The van der Waals surface area contributed by atoms with Crippen LogP contribution in [0.3, 0.4) is 0 Å². The van der Waals surface area contributed by atoms with Crippen LogP contribution in [0.25, 0.3) is 0 Å². The second kappa shape index (κ2) is 7.01. The first kappa shape index (κ1) is 15.3. The SMILES string of the molecule is COC(=O)NC(=O)CSc1ccc(Cl)c(C(=O)O)c1. The number of methoxy groups -OCH3 is 1. The average molecular weight is 304 g/mol. The van der Waals surface area contributed by atoms with Crippen molar-refractivity contribution in [2.45, 2.75) is 4.90 Å². The summed E-state index contributed by atoms with van der Waals surface area (Å²) in [6.07, 6.45) is -0.840. The van der Waals surface area contributed by atoms with Gasteiger partial charge in [0, 0.05) is 4.90 Å². The fraction of sp³-hybridized carbons (Fsp3) is 0.182. The van der Waals surface area contributed by atoms with Crippen molar-refractivity contribution in [2.24, 2.45) is 0 Å². The first-order valence-corrected chi connectivity index (χ1v) is 6.34. The summed E-state index contributed by atoms with van der Waals surface area (Å²) in [5, 5.41) is 11.0. The maximum Gasteiger partial charge on any atom is 0.413 e. The number of carbonyl (C=O) groups is 3. The molecule has 0 aromatic heterocycles. The van der Waals surface area contributed by atoms with E-state index < -0.39 is 18.0 Å². The maximum absolute atomic E-state index is 11.3. The average Bonchev–Trinajstić information content (AvgIpc) is 2.37. The summed E-state index contributed by atoms with van der Waals surface area (Å²) >= 11 is 6.79. The number of benzene rings is 1. The minimum Gasteiger partial charge on any atom is -0.478 e. The van der Waals surface area contributed by atoms with Gasteiger partial charge in [0.05, 0.1) is 23.4 Å². The Hall–Kier alpha value is -1.73.